The fourth-order valence-corrected chi connectivity index (χ4v) is 4.44. The van der Waals surface area contributed by atoms with E-state index < -0.39 is 8.07 Å². The SMILES string of the molecule is CCCn1c(=O)c2c(nc(-c3cc(=O)[nH]n3C)n2COCC[Si](C)(C)C)n(CCC)c1=O. The number of hydrogen-bond donors (Lipinski definition) is 1. The van der Waals surface area contributed by atoms with Crippen molar-refractivity contribution in [3.05, 3.63) is 37.3 Å². The molecule has 0 saturated heterocycles. The minimum atomic E-state index is -1.29. The highest BCUT2D eigenvalue weighted by atomic mass is 28.3. The zero-order valence-corrected chi connectivity index (χ0v) is 20.9. The molecule has 0 aliphatic rings. The first kappa shape index (κ1) is 24.0. The summed E-state index contributed by atoms with van der Waals surface area (Å²) in [5, 5.41) is 2.68. The van der Waals surface area contributed by atoms with Crippen LogP contribution in [-0.2, 0) is 31.6 Å². The molecule has 176 valence electrons. The second kappa shape index (κ2) is 9.45. The van der Waals surface area contributed by atoms with E-state index in [-0.39, 0.29) is 23.5 Å². The Morgan fingerprint density at radius 1 is 1.03 bits per heavy atom. The summed E-state index contributed by atoms with van der Waals surface area (Å²) < 4.78 is 12.1. The van der Waals surface area contributed by atoms with Gasteiger partial charge in [-0.2, -0.15) is 0 Å². The summed E-state index contributed by atoms with van der Waals surface area (Å²) in [6.45, 7) is 12.2. The van der Waals surface area contributed by atoms with Gasteiger partial charge in [0, 0.05) is 40.9 Å². The van der Waals surface area contributed by atoms with Crippen molar-refractivity contribution in [2.75, 3.05) is 6.61 Å². The van der Waals surface area contributed by atoms with Crippen LogP contribution in [0.1, 0.15) is 26.7 Å². The number of aromatic amines is 1. The van der Waals surface area contributed by atoms with E-state index in [1.807, 2.05) is 13.8 Å². The molecule has 3 rings (SSSR count). The summed E-state index contributed by atoms with van der Waals surface area (Å²) in [7, 11) is 0.424. The molecule has 0 bridgehead atoms. The molecule has 11 heteroatoms. The average Bonchev–Trinajstić information content (AvgIpc) is 3.24. The van der Waals surface area contributed by atoms with E-state index in [9.17, 15) is 14.4 Å². The molecule has 0 atom stereocenters. The summed E-state index contributed by atoms with van der Waals surface area (Å²) in [6.07, 6.45) is 1.38. The molecule has 1 N–H and O–H groups in total. The van der Waals surface area contributed by atoms with Gasteiger partial charge in [0.25, 0.3) is 11.1 Å². The molecule has 0 radical (unpaired) electrons. The first-order valence-corrected chi connectivity index (χ1v) is 14.9. The number of imidazole rings is 1. The van der Waals surface area contributed by atoms with Crippen molar-refractivity contribution >= 4 is 19.2 Å². The largest absolute Gasteiger partial charge is 0.361 e. The van der Waals surface area contributed by atoms with E-state index in [2.05, 4.69) is 29.7 Å². The van der Waals surface area contributed by atoms with Gasteiger partial charge in [0.05, 0.1) is 0 Å². The van der Waals surface area contributed by atoms with E-state index in [4.69, 9.17) is 4.74 Å². The molecule has 0 fully saturated rings. The van der Waals surface area contributed by atoms with Crippen LogP contribution >= 0.6 is 0 Å². The minimum absolute atomic E-state index is 0.112. The van der Waals surface area contributed by atoms with E-state index in [0.29, 0.717) is 48.8 Å². The molecule has 0 aliphatic carbocycles. The zero-order chi connectivity index (χ0) is 23.6. The van der Waals surface area contributed by atoms with Crippen LogP contribution in [0.25, 0.3) is 22.7 Å². The van der Waals surface area contributed by atoms with Crippen LogP contribution < -0.4 is 16.8 Å². The molecule has 3 heterocycles. The van der Waals surface area contributed by atoms with Crippen LogP contribution in [0, 0.1) is 0 Å². The van der Waals surface area contributed by atoms with Crippen molar-refractivity contribution < 1.29 is 4.74 Å². The Labute approximate surface area is 187 Å². The lowest BCUT2D eigenvalue weighted by atomic mass is 10.4. The Morgan fingerprint density at radius 2 is 1.69 bits per heavy atom. The van der Waals surface area contributed by atoms with Crippen LogP contribution in [0.15, 0.2) is 20.4 Å². The number of nitrogens with zero attached hydrogens (tertiary/aromatic N) is 5. The number of aromatic nitrogens is 6. The molecule has 10 nitrogen and oxygen atoms in total. The molecule has 0 saturated carbocycles. The Hall–Kier alpha value is -2.66. The number of nitrogens with one attached hydrogen (secondary N) is 1. The lowest BCUT2D eigenvalue weighted by Gasteiger charge is -2.16. The molecule has 0 amide bonds. The van der Waals surface area contributed by atoms with Gasteiger partial charge in [0.15, 0.2) is 17.0 Å². The van der Waals surface area contributed by atoms with Crippen LogP contribution in [0.2, 0.25) is 25.7 Å². The third-order valence-electron chi connectivity index (χ3n) is 5.36. The lowest BCUT2D eigenvalue weighted by Crippen LogP contribution is -2.40. The van der Waals surface area contributed by atoms with Crippen LogP contribution in [0.4, 0.5) is 0 Å². The number of fused-ring (bicyclic) bond motifs is 1. The number of hydrogen-bond acceptors (Lipinski definition) is 5. The highest BCUT2D eigenvalue weighted by molar-refractivity contribution is 6.76. The molecule has 3 aromatic rings. The topological polar surface area (TPSA) is 109 Å². The summed E-state index contributed by atoms with van der Waals surface area (Å²) in [5.41, 5.74) is 0.166. The Bertz CT molecular complexity index is 1270. The zero-order valence-electron chi connectivity index (χ0n) is 19.9. The number of H-pyrrole nitrogens is 1. The van der Waals surface area contributed by atoms with Crippen molar-refractivity contribution in [2.24, 2.45) is 7.05 Å². The van der Waals surface area contributed by atoms with Gasteiger partial charge in [-0.15, -0.1) is 0 Å². The second-order valence-electron chi connectivity index (χ2n) is 9.34. The van der Waals surface area contributed by atoms with Gasteiger partial charge in [-0.05, 0) is 18.9 Å². The van der Waals surface area contributed by atoms with E-state index in [1.165, 1.54) is 10.6 Å². The molecule has 0 spiro atoms. The van der Waals surface area contributed by atoms with Crippen LogP contribution in [-0.4, -0.2) is 43.1 Å². The quantitative estimate of drug-likeness (QED) is 0.367. The Balaban J connectivity index is 2.26. The van der Waals surface area contributed by atoms with Gasteiger partial charge in [0.1, 0.15) is 12.4 Å². The van der Waals surface area contributed by atoms with Gasteiger partial charge in [-0.25, -0.2) is 9.78 Å². The third kappa shape index (κ3) is 4.73. The third-order valence-corrected chi connectivity index (χ3v) is 7.07. The Kier molecular flexibility index (Phi) is 7.08. The molecule has 0 aromatic carbocycles. The van der Waals surface area contributed by atoms with Crippen molar-refractivity contribution in [1.29, 1.82) is 0 Å². The van der Waals surface area contributed by atoms with Gasteiger partial charge >= 0.3 is 5.69 Å². The van der Waals surface area contributed by atoms with Gasteiger partial charge in [-0.1, -0.05) is 33.5 Å². The summed E-state index contributed by atoms with van der Waals surface area (Å²) in [6, 6.07) is 2.42. The molecule has 0 aliphatic heterocycles. The first-order chi connectivity index (χ1) is 15.1. The molecular weight excluding hydrogens is 428 g/mol. The van der Waals surface area contributed by atoms with Crippen LogP contribution in [0.3, 0.4) is 0 Å². The monoisotopic (exact) mass is 462 g/mol. The van der Waals surface area contributed by atoms with Gasteiger partial charge < -0.3 is 4.74 Å². The second-order valence-corrected chi connectivity index (χ2v) is 15.0. The predicted octanol–water partition coefficient (Wildman–Crippen LogP) is 2.19. The van der Waals surface area contributed by atoms with Crippen molar-refractivity contribution in [3.8, 4) is 11.5 Å². The maximum atomic E-state index is 13.4. The van der Waals surface area contributed by atoms with Gasteiger partial charge in [-0.3, -0.25) is 33.1 Å². The maximum Gasteiger partial charge on any atom is 0.332 e. The van der Waals surface area contributed by atoms with E-state index in [0.717, 1.165) is 12.5 Å². The summed E-state index contributed by atoms with van der Waals surface area (Å²) in [4.78, 5) is 43.1. The maximum absolute atomic E-state index is 13.4. The number of aryl methyl sites for hydroxylation is 2. The lowest BCUT2D eigenvalue weighted by molar-refractivity contribution is 0.0906. The summed E-state index contributed by atoms with van der Waals surface area (Å²) >= 11 is 0. The molecular formula is C21H34N6O4Si. The fraction of sp³-hybridized carbons (Fsp3) is 0.619. The first-order valence-electron chi connectivity index (χ1n) is 11.2. The summed E-state index contributed by atoms with van der Waals surface area (Å²) in [5.74, 6) is 0.421. The normalized spacial score (nSPS) is 12.2. The number of ether oxygens (including phenoxy) is 1. The van der Waals surface area contributed by atoms with E-state index in [1.54, 1.807) is 20.9 Å². The van der Waals surface area contributed by atoms with Gasteiger partial charge in [0.2, 0.25) is 0 Å². The minimum Gasteiger partial charge on any atom is -0.361 e. The average molecular weight is 463 g/mol. The standard InChI is InChI=1S/C21H34N6O4Si/c1-7-9-25-19-17(20(29)26(10-8-2)21(25)30)27(14-31-11-12-32(4,5)6)18(22-19)15-13-16(28)23-24(15)3/h13H,7-12,14H2,1-6H3,(H,23,28). The van der Waals surface area contributed by atoms with Crippen LogP contribution in [0.5, 0.6) is 0 Å². The molecule has 32 heavy (non-hydrogen) atoms. The Morgan fingerprint density at radius 3 is 2.25 bits per heavy atom. The predicted molar refractivity (Wildman–Crippen MR) is 128 cm³/mol. The van der Waals surface area contributed by atoms with E-state index >= 15 is 0 Å². The fourth-order valence-electron chi connectivity index (χ4n) is 3.69. The highest BCUT2D eigenvalue weighted by Gasteiger charge is 2.24. The smallest absolute Gasteiger partial charge is 0.332 e. The van der Waals surface area contributed by atoms with Crippen molar-refractivity contribution in [3.63, 3.8) is 0 Å². The highest BCUT2D eigenvalue weighted by Crippen LogP contribution is 2.22. The molecule has 0 unspecified atom stereocenters. The molecule has 3 aromatic heterocycles. The van der Waals surface area contributed by atoms with Crippen molar-refractivity contribution in [1.82, 2.24) is 28.5 Å². The van der Waals surface area contributed by atoms with Crippen molar-refractivity contribution in [2.45, 2.75) is 72.2 Å². The number of rotatable bonds is 10.